The normalized spacial score (nSPS) is 15.2. The van der Waals surface area contributed by atoms with Crippen molar-refractivity contribution in [2.75, 3.05) is 24.9 Å². The molecule has 12 nitrogen and oxygen atoms in total. The van der Waals surface area contributed by atoms with Gasteiger partial charge in [0.15, 0.2) is 11.6 Å². The molecule has 0 saturated heterocycles. The Morgan fingerprint density at radius 1 is 0.711 bits per heavy atom. The number of nitrogens with two attached hydrogens (primary N) is 2. The minimum atomic E-state index is -1.63. The first-order chi connectivity index (χ1) is 17.7. The number of methoxy groups -OCH3 is 2. The number of benzene rings is 2. The summed E-state index contributed by atoms with van der Waals surface area (Å²) in [6.45, 7) is 2.65. The average molecular weight is 525 g/mol. The van der Waals surface area contributed by atoms with Crippen LogP contribution < -0.4 is 22.1 Å². The molecule has 200 valence electrons. The fourth-order valence-electron chi connectivity index (χ4n) is 4.12. The van der Waals surface area contributed by atoms with Gasteiger partial charge in [-0.05, 0) is 26.0 Å². The van der Waals surface area contributed by atoms with Crippen LogP contribution in [0, 0.1) is 0 Å². The number of hydrogen-bond donors (Lipinski definition) is 4. The highest BCUT2D eigenvalue weighted by Gasteiger charge is 2.37. The number of carbonyl (C=O) groups is 6. The summed E-state index contributed by atoms with van der Waals surface area (Å²) in [5, 5.41) is 5.08. The Kier molecular flexibility index (Phi) is 7.79. The Balaban J connectivity index is 1.95. The largest absolute Gasteiger partial charge is 0.468 e. The topological polar surface area (TPSA) is 197 Å². The maximum atomic E-state index is 13.7. The van der Waals surface area contributed by atoms with Crippen LogP contribution >= 0.6 is 0 Å². The summed E-state index contributed by atoms with van der Waals surface area (Å²) in [6, 6.07) is 8.72. The molecule has 0 unspecified atom stereocenters. The lowest BCUT2D eigenvalue weighted by atomic mass is 9.82. The molecule has 0 radical (unpaired) electrons. The highest BCUT2D eigenvalue weighted by atomic mass is 16.5. The summed E-state index contributed by atoms with van der Waals surface area (Å²) in [4.78, 5) is 76.1. The van der Waals surface area contributed by atoms with E-state index in [2.05, 4.69) is 20.1 Å². The van der Waals surface area contributed by atoms with Gasteiger partial charge in [-0.15, -0.1) is 0 Å². The second kappa shape index (κ2) is 10.5. The zero-order chi connectivity index (χ0) is 28.4. The summed E-state index contributed by atoms with van der Waals surface area (Å²) >= 11 is 0. The van der Waals surface area contributed by atoms with Crippen LogP contribution in [0.25, 0.3) is 0 Å². The minimum Gasteiger partial charge on any atom is -0.468 e. The van der Waals surface area contributed by atoms with Crippen molar-refractivity contribution in [2.45, 2.75) is 37.8 Å². The van der Waals surface area contributed by atoms with E-state index in [4.69, 9.17) is 11.5 Å². The lowest BCUT2D eigenvalue weighted by Crippen LogP contribution is -2.48. The Labute approximate surface area is 218 Å². The van der Waals surface area contributed by atoms with Crippen molar-refractivity contribution in [3.63, 3.8) is 0 Å². The van der Waals surface area contributed by atoms with Crippen LogP contribution in [0.3, 0.4) is 0 Å². The standard InChI is InChI=1S/C26H28N4O8/c1-25(27,23(35)37-3)11-17(31)29-15-9-5-7-13-19(15)22(34)20-14(21(13)33)8-6-10-16(20)30-18(32)12-26(2,28)24(36)38-4/h5-10H,11-12,27-28H2,1-4H3,(H,29,31)(H,30,32)/t25-,26-/m0/s1. The molecule has 2 amide bonds. The number of hydrogen-bond acceptors (Lipinski definition) is 10. The van der Waals surface area contributed by atoms with Gasteiger partial charge in [-0.3, -0.25) is 28.8 Å². The molecule has 2 aromatic carbocycles. The summed E-state index contributed by atoms with van der Waals surface area (Å²) in [7, 11) is 2.28. The quantitative estimate of drug-likeness (QED) is 0.307. The maximum Gasteiger partial charge on any atom is 0.326 e. The van der Waals surface area contributed by atoms with Gasteiger partial charge in [0.2, 0.25) is 11.8 Å². The fraction of sp³-hybridized carbons (Fsp3) is 0.308. The number of nitrogens with one attached hydrogen (secondary N) is 2. The lowest BCUT2D eigenvalue weighted by Gasteiger charge is -2.24. The summed E-state index contributed by atoms with van der Waals surface area (Å²) in [6.07, 6.45) is -0.914. The predicted octanol–water partition coefficient (Wildman–Crippen LogP) is 0.900. The molecule has 0 aliphatic heterocycles. The van der Waals surface area contributed by atoms with Crippen molar-refractivity contribution in [2.24, 2.45) is 11.5 Å². The van der Waals surface area contributed by atoms with Crippen LogP contribution in [0.15, 0.2) is 36.4 Å². The Hall–Kier alpha value is -4.42. The minimum absolute atomic E-state index is 0.0264. The van der Waals surface area contributed by atoms with Crippen molar-refractivity contribution in [1.29, 1.82) is 0 Å². The SMILES string of the molecule is COC(=O)[C@@](C)(N)CC(=O)Nc1cccc2c1C(=O)c1c(NC(=O)C[C@](C)(N)C(=O)OC)cccc1C2=O. The summed E-state index contributed by atoms with van der Waals surface area (Å²) in [5.41, 5.74) is 8.48. The third-order valence-corrected chi connectivity index (χ3v) is 5.98. The van der Waals surface area contributed by atoms with Crippen molar-refractivity contribution >= 4 is 46.7 Å². The van der Waals surface area contributed by atoms with Gasteiger partial charge in [0.1, 0.15) is 11.1 Å². The van der Waals surface area contributed by atoms with E-state index in [9.17, 15) is 28.8 Å². The Bertz CT molecular complexity index is 1260. The van der Waals surface area contributed by atoms with Gasteiger partial charge in [0.05, 0.1) is 49.6 Å². The fourth-order valence-corrected chi connectivity index (χ4v) is 4.12. The first kappa shape index (κ1) is 28.2. The van der Waals surface area contributed by atoms with Crippen molar-refractivity contribution < 1.29 is 38.2 Å². The van der Waals surface area contributed by atoms with Crippen molar-refractivity contribution in [3.8, 4) is 0 Å². The smallest absolute Gasteiger partial charge is 0.326 e. The number of carbonyl (C=O) groups excluding carboxylic acids is 6. The molecular formula is C26H28N4O8. The number of ether oxygens (including phenoxy) is 2. The molecule has 6 N–H and O–H groups in total. The molecule has 0 aromatic heterocycles. The number of anilines is 2. The van der Waals surface area contributed by atoms with Crippen LogP contribution in [0.5, 0.6) is 0 Å². The van der Waals surface area contributed by atoms with E-state index in [-0.39, 0.29) is 33.6 Å². The maximum absolute atomic E-state index is 13.7. The first-order valence-electron chi connectivity index (χ1n) is 11.4. The lowest BCUT2D eigenvalue weighted by molar-refractivity contribution is -0.148. The third-order valence-electron chi connectivity index (χ3n) is 5.98. The zero-order valence-corrected chi connectivity index (χ0v) is 21.3. The Morgan fingerprint density at radius 2 is 1.08 bits per heavy atom. The van der Waals surface area contributed by atoms with Gasteiger partial charge < -0.3 is 31.6 Å². The number of fused-ring (bicyclic) bond motifs is 2. The molecule has 2 aromatic rings. The molecule has 38 heavy (non-hydrogen) atoms. The van der Waals surface area contributed by atoms with Crippen molar-refractivity contribution in [3.05, 3.63) is 58.7 Å². The van der Waals surface area contributed by atoms with Crippen LogP contribution in [-0.2, 0) is 28.7 Å². The number of amides is 2. The average Bonchev–Trinajstić information content (AvgIpc) is 2.85. The third kappa shape index (κ3) is 5.45. The second-order valence-corrected chi connectivity index (χ2v) is 9.38. The molecule has 0 bridgehead atoms. The predicted molar refractivity (Wildman–Crippen MR) is 135 cm³/mol. The zero-order valence-electron chi connectivity index (χ0n) is 21.3. The molecule has 2 atom stereocenters. The molecular weight excluding hydrogens is 496 g/mol. The van der Waals surface area contributed by atoms with Gasteiger partial charge in [-0.2, -0.15) is 0 Å². The highest BCUT2D eigenvalue weighted by Crippen LogP contribution is 2.36. The molecule has 0 saturated carbocycles. The summed E-state index contributed by atoms with van der Waals surface area (Å²) in [5.74, 6) is -4.11. The van der Waals surface area contributed by atoms with Crippen LogP contribution in [-0.4, -0.2) is 60.6 Å². The van der Waals surface area contributed by atoms with E-state index in [0.717, 1.165) is 14.2 Å². The summed E-state index contributed by atoms with van der Waals surface area (Å²) < 4.78 is 9.22. The number of ketones is 2. The molecule has 0 spiro atoms. The molecule has 3 rings (SSSR count). The van der Waals surface area contributed by atoms with E-state index in [1.807, 2.05) is 0 Å². The molecule has 0 fully saturated rings. The Morgan fingerprint density at radius 3 is 1.42 bits per heavy atom. The van der Waals surface area contributed by atoms with E-state index in [1.165, 1.54) is 50.2 Å². The first-order valence-corrected chi connectivity index (χ1v) is 11.4. The van der Waals surface area contributed by atoms with Gasteiger partial charge in [-0.1, -0.05) is 24.3 Å². The van der Waals surface area contributed by atoms with E-state index < -0.39 is 59.2 Å². The van der Waals surface area contributed by atoms with Gasteiger partial charge in [-0.25, -0.2) is 0 Å². The van der Waals surface area contributed by atoms with Gasteiger partial charge in [0.25, 0.3) is 0 Å². The second-order valence-electron chi connectivity index (χ2n) is 9.38. The van der Waals surface area contributed by atoms with E-state index in [0.29, 0.717) is 0 Å². The van der Waals surface area contributed by atoms with Crippen LogP contribution in [0.1, 0.15) is 58.5 Å². The molecule has 1 aliphatic carbocycles. The van der Waals surface area contributed by atoms with Gasteiger partial charge >= 0.3 is 11.9 Å². The molecule has 1 aliphatic rings. The number of rotatable bonds is 8. The van der Waals surface area contributed by atoms with Crippen LogP contribution in [0.2, 0.25) is 0 Å². The van der Waals surface area contributed by atoms with E-state index in [1.54, 1.807) is 0 Å². The monoisotopic (exact) mass is 524 g/mol. The van der Waals surface area contributed by atoms with Gasteiger partial charge in [0, 0.05) is 11.1 Å². The van der Waals surface area contributed by atoms with E-state index >= 15 is 0 Å². The van der Waals surface area contributed by atoms with Crippen LogP contribution in [0.4, 0.5) is 11.4 Å². The molecule has 12 heteroatoms. The number of esters is 2. The van der Waals surface area contributed by atoms with Crippen molar-refractivity contribution in [1.82, 2.24) is 0 Å². The highest BCUT2D eigenvalue weighted by molar-refractivity contribution is 6.32. The molecule has 0 heterocycles.